The molecule has 0 bridgehead atoms. The van der Waals surface area contributed by atoms with Gasteiger partial charge in [-0.05, 0) is 68.6 Å². The summed E-state index contributed by atoms with van der Waals surface area (Å²) in [5.41, 5.74) is 3.43. The Hall–Kier alpha value is -2.09. The number of aryl methyl sites for hydroxylation is 1. The molecule has 1 atom stereocenters. The van der Waals surface area contributed by atoms with E-state index < -0.39 is 16.1 Å². The molecular formula is C24H32ClN3O3S. The number of nitrogens with zero attached hydrogens (tertiary/aromatic N) is 2. The lowest BCUT2D eigenvalue weighted by atomic mass is 10.1. The molecule has 1 amide bonds. The van der Waals surface area contributed by atoms with Gasteiger partial charge in [0.05, 0.1) is 11.9 Å². The molecule has 1 N–H and O–H groups in total. The number of hydrogen-bond acceptors (Lipinski definition) is 4. The molecule has 32 heavy (non-hydrogen) atoms. The Labute approximate surface area is 196 Å². The second-order valence-electron chi connectivity index (χ2n) is 8.54. The Balaban J connectivity index is 1.62. The molecule has 8 heteroatoms. The molecule has 1 saturated heterocycles. The van der Waals surface area contributed by atoms with Crippen LogP contribution in [0.3, 0.4) is 0 Å². The minimum Gasteiger partial charge on any atom is -0.350 e. The van der Waals surface area contributed by atoms with Crippen LogP contribution in [-0.4, -0.2) is 44.6 Å². The number of carbonyl (C=O) groups is 1. The van der Waals surface area contributed by atoms with E-state index in [0.717, 1.165) is 41.3 Å². The number of halogens is 1. The van der Waals surface area contributed by atoms with Crippen LogP contribution in [0.1, 0.15) is 42.9 Å². The number of benzene rings is 2. The average Bonchev–Trinajstić information content (AvgIpc) is 2.75. The van der Waals surface area contributed by atoms with Crippen LogP contribution >= 0.6 is 11.6 Å². The topological polar surface area (TPSA) is 69.7 Å². The van der Waals surface area contributed by atoms with Gasteiger partial charge >= 0.3 is 0 Å². The van der Waals surface area contributed by atoms with Gasteiger partial charge in [0.15, 0.2) is 0 Å². The number of sulfonamides is 1. The van der Waals surface area contributed by atoms with Gasteiger partial charge in [0.2, 0.25) is 15.9 Å². The number of hydrogen-bond donors (Lipinski definition) is 1. The summed E-state index contributed by atoms with van der Waals surface area (Å²) in [6.45, 7) is 7.00. The number of nitrogens with one attached hydrogen (secondary N) is 1. The molecule has 6 nitrogen and oxygen atoms in total. The molecule has 0 saturated carbocycles. The van der Waals surface area contributed by atoms with Crippen molar-refractivity contribution in [2.45, 2.75) is 52.2 Å². The van der Waals surface area contributed by atoms with Crippen molar-refractivity contribution in [3.05, 3.63) is 64.2 Å². The molecule has 1 aliphatic rings. The van der Waals surface area contributed by atoms with Crippen LogP contribution in [0.25, 0.3) is 0 Å². The third-order valence-corrected chi connectivity index (χ3v) is 7.49. The largest absolute Gasteiger partial charge is 0.350 e. The third kappa shape index (κ3) is 6.47. The molecule has 2 aromatic carbocycles. The second kappa shape index (κ2) is 10.7. The average molecular weight is 478 g/mol. The van der Waals surface area contributed by atoms with Gasteiger partial charge in [0.1, 0.15) is 6.04 Å². The highest BCUT2D eigenvalue weighted by atomic mass is 35.5. The Kier molecular flexibility index (Phi) is 8.20. The minimum absolute atomic E-state index is 0.333. The van der Waals surface area contributed by atoms with Crippen molar-refractivity contribution in [3.8, 4) is 0 Å². The fourth-order valence-electron chi connectivity index (χ4n) is 4.00. The Morgan fingerprint density at radius 2 is 1.72 bits per heavy atom. The van der Waals surface area contributed by atoms with Crippen molar-refractivity contribution < 1.29 is 13.2 Å². The number of anilines is 1. The highest BCUT2D eigenvalue weighted by molar-refractivity contribution is 7.92. The summed E-state index contributed by atoms with van der Waals surface area (Å²) in [5, 5.41) is 3.31. The van der Waals surface area contributed by atoms with Crippen molar-refractivity contribution in [1.29, 1.82) is 0 Å². The third-order valence-electron chi connectivity index (χ3n) is 5.84. The van der Waals surface area contributed by atoms with Crippen LogP contribution in [0.4, 0.5) is 5.69 Å². The SMILES string of the molecule is Cc1ccc(N(C(C)C(=O)NCc2ccc(CN3CCCCC3)cc2)S(C)(=O)=O)cc1Cl. The van der Waals surface area contributed by atoms with Gasteiger partial charge in [0.25, 0.3) is 0 Å². The second-order valence-corrected chi connectivity index (χ2v) is 10.8. The number of likely N-dealkylation sites (tertiary alicyclic amines) is 1. The van der Waals surface area contributed by atoms with E-state index in [-0.39, 0.29) is 5.91 Å². The van der Waals surface area contributed by atoms with Gasteiger partial charge in [-0.25, -0.2) is 8.42 Å². The predicted molar refractivity (Wildman–Crippen MR) is 130 cm³/mol. The van der Waals surface area contributed by atoms with Gasteiger partial charge in [-0.1, -0.05) is 48.4 Å². The van der Waals surface area contributed by atoms with Gasteiger partial charge in [0, 0.05) is 18.1 Å². The summed E-state index contributed by atoms with van der Waals surface area (Å²) < 4.78 is 26.0. The van der Waals surface area contributed by atoms with Crippen molar-refractivity contribution in [2.75, 3.05) is 23.7 Å². The first-order valence-corrected chi connectivity index (χ1v) is 13.2. The fraction of sp³-hybridized carbons (Fsp3) is 0.458. The quantitative estimate of drug-likeness (QED) is 0.621. The van der Waals surface area contributed by atoms with Gasteiger partial charge in [-0.2, -0.15) is 0 Å². The molecule has 0 aromatic heterocycles. The highest BCUT2D eigenvalue weighted by Gasteiger charge is 2.29. The summed E-state index contributed by atoms with van der Waals surface area (Å²) in [4.78, 5) is 15.3. The number of carbonyl (C=O) groups excluding carboxylic acids is 1. The summed E-state index contributed by atoms with van der Waals surface area (Å²) in [5.74, 6) is -0.371. The molecule has 174 valence electrons. The molecule has 0 spiro atoms. The number of rotatable bonds is 8. The standard InChI is InChI=1S/C24H32ClN3O3S/c1-18-7-12-22(15-23(18)25)28(32(3,30)31)19(2)24(29)26-16-20-8-10-21(11-9-20)17-27-13-5-4-6-14-27/h7-12,15,19H,4-6,13-14,16-17H2,1-3H3,(H,26,29). The van der Waals surface area contributed by atoms with E-state index in [9.17, 15) is 13.2 Å². The zero-order chi connectivity index (χ0) is 23.3. The van der Waals surface area contributed by atoms with Crippen LogP contribution in [-0.2, 0) is 27.9 Å². The molecule has 3 rings (SSSR count). The van der Waals surface area contributed by atoms with Gasteiger partial charge < -0.3 is 5.32 Å². The molecule has 1 aliphatic heterocycles. The molecule has 0 radical (unpaired) electrons. The van der Waals surface area contributed by atoms with Crippen molar-refractivity contribution in [3.63, 3.8) is 0 Å². The smallest absolute Gasteiger partial charge is 0.243 e. The maximum Gasteiger partial charge on any atom is 0.243 e. The van der Waals surface area contributed by atoms with E-state index in [1.807, 2.05) is 19.1 Å². The molecule has 0 aliphatic carbocycles. The summed E-state index contributed by atoms with van der Waals surface area (Å²) >= 11 is 6.18. The van der Waals surface area contributed by atoms with E-state index in [2.05, 4.69) is 22.3 Å². The van der Waals surface area contributed by atoms with Crippen LogP contribution in [0.15, 0.2) is 42.5 Å². The zero-order valence-corrected chi connectivity index (χ0v) is 20.5. The number of amides is 1. The summed E-state index contributed by atoms with van der Waals surface area (Å²) in [7, 11) is -3.69. The molecule has 1 fully saturated rings. The summed E-state index contributed by atoms with van der Waals surface area (Å²) in [6, 6.07) is 12.3. The van der Waals surface area contributed by atoms with Crippen LogP contribution in [0.2, 0.25) is 5.02 Å². The summed E-state index contributed by atoms with van der Waals surface area (Å²) in [6.07, 6.45) is 4.94. The van der Waals surface area contributed by atoms with Gasteiger partial charge in [-0.15, -0.1) is 0 Å². The first-order valence-electron chi connectivity index (χ1n) is 11.0. The number of piperidine rings is 1. The molecule has 1 heterocycles. The van der Waals surface area contributed by atoms with Crippen LogP contribution in [0.5, 0.6) is 0 Å². The Morgan fingerprint density at radius 1 is 1.09 bits per heavy atom. The zero-order valence-electron chi connectivity index (χ0n) is 19.0. The molecule has 1 unspecified atom stereocenters. The highest BCUT2D eigenvalue weighted by Crippen LogP contribution is 2.26. The van der Waals surface area contributed by atoms with Crippen molar-refractivity contribution >= 4 is 33.2 Å². The predicted octanol–water partition coefficient (Wildman–Crippen LogP) is 4.11. The lowest BCUT2D eigenvalue weighted by molar-refractivity contribution is -0.122. The van der Waals surface area contributed by atoms with Crippen LogP contribution in [0, 0.1) is 6.92 Å². The Morgan fingerprint density at radius 3 is 2.31 bits per heavy atom. The Bertz CT molecular complexity index is 1030. The van der Waals surface area contributed by atoms with Crippen molar-refractivity contribution in [2.24, 2.45) is 0 Å². The molecule has 2 aromatic rings. The first kappa shape index (κ1) is 24.6. The monoisotopic (exact) mass is 477 g/mol. The van der Waals surface area contributed by atoms with E-state index in [1.54, 1.807) is 25.1 Å². The van der Waals surface area contributed by atoms with E-state index in [0.29, 0.717) is 17.3 Å². The lowest BCUT2D eigenvalue weighted by Crippen LogP contribution is -2.47. The normalized spacial score (nSPS) is 15.9. The maximum atomic E-state index is 12.8. The van der Waals surface area contributed by atoms with Crippen molar-refractivity contribution in [1.82, 2.24) is 10.2 Å². The van der Waals surface area contributed by atoms with Gasteiger partial charge in [-0.3, -0.25) is 14.0 Å². The van der Waals surface area contributed by atoms with E-state index in [1.165, 1.54) is 24.8 Å². The van der Waals surface area contributed by atoms with E-state index in [4.69, 9.17) is 11.6 Å². The van der Waals surface area contributed by atoms with Crippen LogP contribution < -0.4 is 9.62 Å². The van der Waals surface area contributed by atoms with E-state index >= 15 is 0 Å². The lowest BCUT2D eigenvalue weighted by Gasteiger charge is -2.28. The molecular weight excluding hydrogens is 446 g/mol. The fourth-order valence-corrected chi connectivity index (χ4v) is 5.34. The minimum atomic E-state index is -3.69. The maximum absolute atomic E-state index is 12.8. The first-order chi connectivity index (χ1) is 15.1.